The van der Waals surface area contributed by atoms with Gasteiger partial charge in [0.1, 0.15) is 0 Å². The van der Waals surface area contributed by atoms with Crippen molar-refractivity contribution in [1.29, 1.82) is 0 Å². The van der Waals surface area contributed by atoms with Crippen LogP contribution in [0.5, 0.6) is 0 Å². The van der Waals surface area contributed by atoms with Crippen molar-refractivity contribution in [3.8, 4) is 0 Å². The number of nitrogens with zero attached hydrogens (tertiary/aromatic N) is 2. The molecule has 1 N–H and O–H groups in total. The summed E-state index contributed by atoms with van der Waals surface area (Å²) < 4.78 is 8.44. The summed E-state index contributed by atoms with van der Waals surface area (Å²) in [6.45, 7) is 7.18. The summed E-state index contributed by atoms with van der Waals surface area (Å²) in [5.41, 5.74) is 1.60. The van der Waals surface area contributed by atoms with Gasteiger partial charge in [-0.3, -0.25) is 4.68 Å². The summed E-state index contributed by atoms with van der Waals surface area (Å²) in [6, 6.07) is 0.355. The Bertz CT molecular complexity index is 441. The third-order valence-corrected chi connectivity index (χ3v) is 5.27. The Morgan fingerprint density at radius 2 is 2.19 bits per heavy atom. The Morgan fingerprint density at radius 1 is 1.48 bits per heavy atom. The lowest BCUT2D eigenvalue weighted by Crippen LogP contribution is -2.37. The van der Waals surface area contributed by atoms with Crippen molar-refractivity contribution in [1.82, 2.24) is 15.1 Å². The number of ether oxygens (including phenoxy) is 1. The predicted octanol–water partition coefficient (Wildman–Crippen LogP) is 3.91. The summed E-state index contributed by atoms with van der Waals surface area (Å²) in [7, 11) is 1.74. The molecule has 2 rings (SSSR count). The van der Waals surface area contributed by atoms with Crippen LogP contribution in [0.2, 0.25) is 0 Å². The first-order valence-electron chi connectivity index (χ1n) is 8.06. The lowest BCUT2D eigenvalue weighted by molar-refractivity contribution is 0.173. The van der Waals surface area contributed by atoms with Crippen molar-refractivity contribution < 1.29 is 4.74 Å². The molecule has 0 bridgehead atoms. The molecule has 1 saturated carbocycles. The summed E-state index contributed by atoms with van der Waals surface area (Å²) in [4.78, 5) is 0. The molecule has 1 aromatic heterocycles. The van der Waals surface area contributed by atoms with E-state index >= 15 is 0 Å². The van der Waals surface area contributed by atoms with Gasteiger partial charge in [0.15, 0.2) is 0 Å². The van der Waals surface area contributed by atoms with Crippen molar-refractivity contribution in [2.75, 3.05) is 20.3 Å². The van der Waals surface area contributed by atoms with Crippen LogP contribution in [0.3, 0.4) is 0 Å². The summed E-state index contributed by atoms with van der Waals surface area (Å²) >= 11 is 3.71. The number of nitrogens with one attached hydrogen (secondary N) is 1. The van der Waals surface area contributed by atoms with Gasteiger partial charge in [0.25, 0.3) is 0 Å². The second-order valence-electron chi connectivity index (χ2n) is 6.34. The van der Waals surface area contributed by atoms with Crippen LogP contribution in [0.25, 0.3) is 0 Å². The molecule has 1 atom stereocenters. The lowest BCUT2D eigenvalue weighted by atomic mass is 9.79. The van der Waals surface area contributed by atoms with Gasteiger partial charge in [0.2, 0.25) is 0 Å². The van der Waals surface area contributed by atoms with Crippen molar-refractivity contribution in [3.05, 3.63) is 16.4 Å². The highest BCUT2D eigenvalue weighted by Gasteiger charge is 2.40. The zero-order chi connectivity index (χ0) is 15.3. The van der Waals surface area contributed by atoms with Crippen molar-refractivity contribution >= 4 is 15.9 Å². The van der Waals surface area contributed by atoms with Crippen LogP contribution < -0.4 is 5.32 Å². The zero-order valence-corrected chi connectivity index (χ0v) is 15.1. The highest BCUT2D eigenvalue weighted by Crippen LogP contribution is 2.48. The number of aromatic nitrogens is 2. The molecule has 0 aliphatic heterocycles. The molecule has 120 valence electrons. The van der Waals surface area contributed by atoms with Gasteiger partial charge in [-0.2, -0.15) is 5.10 Å². The lowest BCUT2D eigenvalue weighted by Gasteiger charge is -2.35. The average molecular weight is 358 g/mol. The Kier molecular flexibility index (Phi) is 6.26. The maximum absolute atomic E-state index is 5.22. The summed E-state index contributed by atoms with van der Waals surface area (Å²) in [6.07, 6.45) is 8.32. The van der Waals surface area contributed by atoms with Crippen molar-refractivity contribution in [2.45, 2.75) is 58.5 Å². The maximum atomic E-state index is 5.22. The van der Waals surface area contributed by atoms with Crippen LogP contribution in [-0.2, 0) is 11.3 Å². The molecule has 21 heavy (non-hydrogen) atoms. The van der Waals surface area contributed by atoms with E-state index < -0.39 is 0 Å². The van der Waals surface area contributed by atoms with Crippen LogP contribution in [0.4, 0.5) is 0 Å². The molecule has 0 saturated heterocycles. The predicted molar refractivity (Wildman–Crippen MR) is 89.4 cm³/mol. The number of methoxy groups -OCH3 is 1. The van der Waals surface area contributed by atoms with Gasteiger partial charge in [0, 0.05) is 7.11 Å². The second kappa shape index (κ2) is 7.75. The van der Waals surface area contributed by atoms with Crippen LogP contribution in [0.1, 0.15) is 57.7 Å². The highest BCUT2D eigenvalue weighted by atomic mass is 79.9. The fourth-order valence-electron chi connectivity index (χ4n) is 3.45. The SMILES string of the molecule is CCCNC(c1c(Br)cnn1CCOC)C1(C)CCCC1. The van der Waals surface area contributed by atoms with Gasteiger partial charge in [-0.1, -0.05) is 26.7 Å². The molecule has 4 nitrogen and oxygen atoms in total. The van der Waals surface area contributed by atoms with E-state index in [1.165, 1.54) is 31.4 Å². The first-order chi connectivity index (χ1) is 10.1. The third kappa shape index (κ3) is 3.88. The second-order valence-corrected chi connectivity index (χ2v) is 7.20. The van der Waals surface area contributed by atoms with E-state index in [0.717, 1.165) is 24.0 Å². The van der Waals surface area contributed by atoms with Crippen molar-refractivity contribution in [2.24, 2.45) is 5.41 Å². The molecular formula is C16H28BrN3O. The van der Waals surface area contributed by atoms with E-state index in [1.54, 1.807) is 7.11 Å². The van der Waals surface area contributed by atoms with Crippen LogP contribution >= 0.6 is 15.9 Å². The van der Waals surface area contributed by atoms with E-state index in [1.807, 2.05) is 6.20 Å². The number of halogens is 1. The van der Waals surface area contributed by atoms with Gasteiger partial charge < -0.3 is 10.1 Å². The quantitative estimate of drug-likeness (QED) is 0.766. The molecule has 0 amide bonds. The Balaban J connectivity index is 2.29. The molecule has 0 radical (unpaired) electrons. The molecule has 1 aliphatic rings. The van der Waals surface area contributed by atoms with Gasteiger partial charge in [-0.05, 0) is 47.2 Å². The van der Waals surface area contributed by atoms with Gasteiger partial charge in [-0.25, -0.2) is 0 Å². The van der Waals surface area contributed by atoms with Crippen LogP contribution in [-0.4, -0.2) is 30.0 Å². The molecule has 1 heterocycles. The minimum absolute atomic E-state index is 0.322. The Morgan fingerprint density at radius 3 is 2.81 bits per heavy atom. The molecule has 0 spiro atoms. The Hall–Kier alpha value is -0.390. The molecule has 5 heteroatoms. The summed E-state index contributed by atoms with van der Waals surface area (Å²) in [5.74, 6) is 0. The average Bonchev–Trinajstić information content (AvgIpc) is 3.06. The number of rotatable bonds is 8. The largest absolute Gasteiger partial charge is 0.383 e. The van der Waals surface area contributed by atoms with Crippen LogP contribution in [0.15, 0.2) is 10.7 Å². The maximum Gasteiger partial charge on any atom is 0.0702 e. The minimum Gasteiger partial charge on any atom is -0.383 e. The first kappa shape index (κ1) is 17.0. The smallest absolute Gasteiger partial charge is 0.0702 e. The number of hydrogen-bond donors (Lipinski definition) is 1. The summed E-state index contributed by atoms with van der Waals surface area (Å²) in [5, 5.41) is 8.31. The molecule has 1 aromatic rings. The normalized spacial score (nSPS) is 19.0. The van der Waals surface area contributed by atoms with E-state index in [4.69, 9.17) is 4.74 Å². The monoisotopic (exact) mass is 357 g/mol. The van der Waals surface area contributed by atoms with Gasteiger partial charge in [0.05, 0.1) is 35.6 Å². The molecule has 0 aromatic carbocycles. The molecular weight excluding hydrogens is 330 g/mol. The first-order valence-corrected chi connectivity index (χ1v) is 8.85. The molecule has 1 unspecified atom stereocenters. The highest BCUT2D eigenvalue weighted by molar-refractivity contribution is 9.10. The topological polar surface area (TPSA) is 39.1 Å². The van der Waals surface area contributed by atoms with Crippen molar-refractivity contribution in [3.63, 3.8) is 0 Å². The third-order valence-electron chi connectivity index (χ3n) is 4.66. The number of hydrogen-bond acceptors (Lipinski definition) is 3. The minimum atomic E-state index is 0.322. The molecule has 1 aliphatic carbocycles. The fourth-order valence-corrected chi connectivity index (χ4v) is 3.97. The van der Waals surface area contributed by atoms with E-state index in [2.05, 4.69) is 44.9 Å². The van der Waals surface area contributed by atoms with E-state index in [-0.39, 0.29) is 0 Å². The van der Waals surface area contributed by atoms with Crippen LogP contribution in [0, 0.1) is 5.41 Å². The van der Waals surface area contributed by atoms with E-state index in [9.17, 15) is 0 Å². The van der Waals surface area contributed by atoms with E-state index in [0.29, 0.717) is 18.1 Å². The standard InChI is InChI=1S/C16H28BrN3O/c1-4-9-18-15(16(2)7-5-6-8-16)14-13(17)12-19-20(14)10-11-21-3/h12,15,18H,4-11H2,1-3H3. The Labute approximate surface area is 136 Å². The zero-order valence-electron chi connectivity index (χ0n) is 13.5. The fraction of sp³-hybridized carbons (Fsp3) is 0.812. The van der Waals surface area contributed by atoms with Gasteiger partial charge >= 0.3 is 0 Å². The molecule has 1 fully saturated rings. The van der Waals surface area contributed by atoms with Gasteiger partial charge in [-0.15, -0.1) is 0 Å².